The number of nitrogens with one attached hydrogen (secondary N) is 2. The predicted molar refractivity (Wildman–Crippen MR) is 174 cm³/mol. The van der Waals surface area contributed by atoms with Gasteiger partial charge in [-0.2, -0.15) is 10.1 Å². The van der Waals surface area contributed by atoms with Crippen molar-refractivity contribution in [3.05, 3.63) is 88.7 Å². The molecule has 1 atom stereocenters. The Morgan fingerprint density at radius 1 is 0.939 bits per heavy atom. The quantitative estimate of drug-likeness (QED) is 0.120. The van der Waals surface area contributed by atoms with Gasteiger partial charge in [0.1, 0.15) is 17.6 Å². The van der Waals surface area contributed by atoms with Gasteiger partial charge in [0.15, 0.2) is 5.82 Å². The van der Waals surface area contributed by atoms with Crippen molar-refractivity contribution in [1.29, 1.82) is 0 Å². The van der Waals surface area contributed by atoms with E-state index in [-0.39, 0.29) is 48.0 Å². The van der Waals surface area contributed by atoms with E-state index in [1.165, 1.54) is 24.3 Å². The fraction of sp³-hybridized carbons (Fsp3) is 0.324. The molecule has 49 heavy (non-hydrogen) atoms. The fourth-order valence-electron chi connectivity index (χ4n) is 4.76. The molecule has 1 unspecified atom stereocenters. The van der Waals surface area contributed by atoms with Crippen molar-refractivity contribution in [3.8, 4) is 11.1 Å². The minimum Gasteiger partial charge on any atom is -0.478 e. The van der Waals surface area contributed by atoms with Gasteiger partial charge >= 0.3 is 18.2 Å². The van der Waals surface area contributed by atoms with E-state index in [4.69, 9.17) is 9.47 Å². The molecule has 0 aliphatic rings. The monoisotopic (exact) mass is 678 g/mol. The number of nitrogens with zero attached hydrogens (tertiary/aromatic N) is 4. The van der Waals surface area contributed by atoms with Gasteiger partial charge in [-0.05, 0) is 67.1 Å². The van der Waals surface area contributed by atoms with Crippen molar-refractivity contribution in [3.63, 3.8) is 0 Å². The van der Waals surface area contributed by atoms with Gasteiger partial charge in [-0.1, -0.05) is 62.2 Å². The molecule has 1 heterocycles. The minimum absolute atomic E-state index is 0.0121. The summed E-state index contributed by atoms with van der Waals surface area (Å²) in [6.45, 7) is 5.34. The molecule has 258 valence electrons. The zero-order chi connectivity index (χ0) is 35.5. The summed E-state index contributed by atoms with van der Waals surface area (Å²) in [7, 11) is 0. The molecular weight excluding hydrogens is 642 g/mol. The molecule has 3 N–H and O–H groups in total. The first kappa shape index (κ1) is 36.1. The topological polar surface area (TPSA) is 177 Å². The lowest BCUT2D eigenvalue weighted by molar-refractivity contribution is -0.117. The Balaban J connectivity index is 1.71. The maximum Gasteiger partial charge on any atom is 0.424 e. The molecule has 4 aromatic rings. The maximum absolute atomic E-state index is 16.0. The van der Waals surface area contributed by atoms with E-state index < -0.39 is 47.2 Å². The lowest BCUT2D eigenvalue weighted by Crippen LogP contribution is -2.39. The van der Waals surface area contributed by atoms with Crippen molar-refractivity contribution < 1.29 is 42.5 Å². The number of hydrogen-bond donors (Lipinski definition) is 3. The van der Waals surface area contributed by atoms with E-state index in [1.807, 2.05) is 13.8 Å². The van der Waals surface area contributed by atoms with Gasteiger partial charge in [-0.3, -0.25) is 4.79 Å². The third-order valence-electron chi connectivity index (χ3n) is 7.51. The van der Waals surface area contributed by atoms with Crippen LogP contribution in [-0.4, -0.2) is 63.0 Å². The summed E-state index contributed by atoms with van der Waals surface area (Å²) in [5, 5.41) is 26.1. The molecule has 15 heteroatoms. The van der Waals surface area contributed by atoms with Crippen LogP contribution in [0.2, 0.25) is 0 Å². The Bertz CT molecular complexity index is 1760. The van der Waals surface area contributed by atoms with Crippen LogP contribution in [0.4, 0.5) is 29.7 Å². The first-order chi connectivity index (χ1) is 23.5. The van der Waals surface area contributed by atoms with Crippen molar-refractivity contribution >= 4 is 35.4 Å². The number of carbonyl (C=O) groups excluding carboxylic acids is 3. The van der Waals surface area contributed by atoms with Crippen molar-refractivity contribution in [1.82, 2.24) is 20.6 Å². The van der Waals surface area contributed by atoms with Crippen LogP contribution in [-0.2, 0) is 20.7 Å². The molecule has 1 aromatic heterocycles. The number of imide groups is 1. The average molecular weight is 679 g/mol. The average Bonchev–Trinajstić information content (AvgIpc) is 3.61. The molecule has 3 amide bonds. The van der Waals surface area contributed by atoms with Crippen LogP contribution in [0.15, 0.2) is 54.6 Å². The number of carbonyl (C=O) groups is 4. The highest BCUT2D eigenvalue weighted by molar-refractivity contribution is 6.12. The summed E-state index contributed by atoms with van der Waals surface area (Å²) in [5.41, 5.74) is -0.0381. The number of ether oxygens (including phenoxy) is 2. The Morgan fingerprint density at radius 3 is 2.14 bits per heavy atom. The van der Waals surface area contributed by atoms with Crippen LogP contribution in [0, 0.1) is 18.6 Å². The van der Waals surface area contributed by atoms with E-state index in [0.717, 1.165) is 12.1 Å². The summed E-state index contributed by atoms with van der Waals surface area (Å²) >= 11 is 0. The Kier molecular flexibility index (Phi) is 12.5. The van der Waals surface area contributed by atoms with Gasteiger partial charge in [-0.15, -0.1) is 10.2 Å². The maximum atomic E-state index is 16.0. The van der Waals surface area contributed by atoms with E-state index in [0.29, 0.717) is 41.7 Å². The Hall–Kier alpha value is -5.73. The van der Waals surface area contributed by atoms with E-state index in [1.54, 1.807) is 25.1 Å². The smallest absolute Gasteiger partial charge is 0.424 e. The molecule has 13 nitrogen and oxygen atoms in total. The van der Waals surface area contributed by atoms with Crippen LogP contribution < -0.4 is 10.2 Å². The van der Waals surface area contributed by atoms with Gasteiger partial charge < -0.3 is 19.9 Å². The van der Waals surface area contributed by atoms with Crippen LogP contribution >= 0.6 is 0 Å². The highest BCUT2D eigenvalue weighted by atomic mass is 19.1. The van der Waals surface area contributed by atoms with Gasteiger partial charge in [0.25, 0.3) is 0 Å². The zero-order valence-electron chi connectivity index (χ0n) is 27.2. The third-order valence-corrected chi connectivity index (χ3v) is 7.51. The van der Waals surface area contributed by atoms with Crippen LogP contribution in [0.25, 0.3) is 11.1 Å². The number of unbranched alkanes of at least 4 members (excludes halogenated alkanes) is 2. The minimum atomic E-state index is -1.56. The molecule has 0 saturated heterocycles. The zero-order valence-corrected chi connectivity index (χ0v) is 27.2. The predicted octanol–water partition coefficient (Wildman–Crippen LogP) is 6.80. The molecule has 0 fully saturated rings. The molecular formula is C34H36F2N6O7. The summed E-state index contributed by atoms with van der Waals surface area (Å²) in [6, 6.07) is 12.4. The van der Waals surface area contributed by atoms with Gasteiger partial charge in [0.05, 0.1) is 24.5 Å². The first-order valence-electron chi connectivity index (χ1n) is 15.6. The van der Waals surface area contributed by atoms with Crippen molar-refractivity contribution in [2.45, 2.75) is 58.8 Å². The number of aromatic amines is 1. The number of carboxylic acids is 1. The molecule has 0 bridgehead atoms. The number of tetrazole rings is 1. The Labute approximate surface area is 280 Å². The summed E-state index contributed by atoms with van der Waals surface area (Å²) in [5.74, 6) is -4.72. The number of aromatic nitrogens is 4. The highest BCUT2D eigenvalue weighted by Crippen LogP contribution is 2.37. The number of hydrogen-bond acceptors (Lipinski definition) is 9. The lowest BCUT2D eigenvalue weighted by atomic mass is 9.94. The molecule has 4 rings (SSSR count). The molecule has 0 saturated carbocycles. The molecule has 0 aliphatic heterocycles. The first-order valence-corrected chi connectivity index (χ1v) is 15.6. The molecule has 0 radical (unpaired) electrons. The molecule has 3 aromatic carbocycles. The number of benzene rings is 3. The highest BCUT2D eigenvalue weighted by Gasteiger charge is 2.32. The SMILES string of the molecule is CCCCOC(=O)N(C(=O)OCCCC)c1ccc(C(=O)O)c(F)c1-c1ccc(CC(C(=O)Nc2ccc(C)c(F)c2)c2nn[nH]n2)cc1. The number of halogens is 2. The van der Waals surface area contributed by atoms with Crippen LogP contribution in [0.3, 0.4) is 0 Å². The normalized spacial score (nSPS) is 11.4. The fourth-order valence-corrected chi connectivity index (χ4v) is 4.76. The van der Waals surface area contributed by atoms with Crippen molar-refractivity contribution in [2.75, 3.05) is 23.4 Å². The number of H-pyrrole nitrogens is 1. The summed E-state index contributed by atoms with van der Waals surface area (Å²) < 4.78 is 40.7. The summed E-state index contributed by atoms with van der Waals surface area (Å²) in [4.78, 5) is 52.2. The number of carboxylic acid groups (broad SMARTS) is 1. The van der Waals surface area contributed by atoms with Gasteiger partial charge in [0, 0.05) is 11.3 Å². The second-order valence-corrected chi connectivity index (χ2v) is 11.1. The van der Waals surface area contributed by atoms with Gasteiger partial charge in [0.2, 0.25) is 5.91 Å². The largest absolute Gasteiger partial charge is 0.478 e. The van der Waals surface area contributed by atoms with Crippen LogP contribution in [0.1, 0.15) is 72.8 Å². The molecule has 0 aliphatic carbocycles. The van der Waals surface area contributed by atoms with Crippen molar-refractivity contribution in [2.24, 2.45) is 0 Å². The number of amides is 3. The Morgan fingerprint density at radius 2 is 1.59 bits per heavy atom. The number of aryl methyl sites for hydroxylation is 1. The van der Waals surface area contributed by atoms with Crippen LogP contribution in [0.5, 0.6) is 0 Å². The standard InChI is InChI=1S/C34H36F2N6O7/c1-4-6-16-48-33(46)42(34(47)49-17-7-5-2)27-15-14-24(32(44)45)29(36)28(27)22-11-9-21(10-12-22)18-25(30-38-40-41-39-30)31(43)37-23-13-8-20(3)26(35)19-23/h8-15,19,25H,4-7,16-18H2,1-3H3,(H,37,43)(H,44,45)(H,38,39,40,41). The number of rotatable bonds is 14. The van der Waals surface area contributed by atoms with E-state index in [9.17, 15) is 28.7 Å². The number of aromatic carboxylic acids is 1. The molecule has 0 spiro atoms. The van der Waals surface area contributed by atoms with E-state index in [2.05, 4.69) is 25.9 Å². The number of anilines is 2. The second kappa shape index (κ2) is 16.9. The lowest BCUT2D eigenvalue weighted by Gasteiger charge is -2.23. The summed E-state index contributed by atoms with van der Waals surface area (Å²) in [6.07, 6.45) is 0.229. The third kappa shape index (κ3) is 9.00. The second-order valence-electron chi connectivity index (χ2n) is 11.1. The van der Waals surface area contributed by atoms with Gasteiger partial charge in [-0.25, -0.2) is 23.2 Å². The van der Waals surface area contributed by atoms with E-state index >= 15 is 4.39 Å².